The summed E-state index contributed by atoms with van der Waals surface area (Å²) in [6.45, 7) is 6.08. The van der Waals surface area contributed by atoms with Crippen LogP contribution in [0.2, 0.25) is 0 Å². The van der Waals surface area contributed by atoms with E-state index < -0.39 is 0 Å². The molecule has 0 amide bonds. The second-order valence-electron chi connectivity index (χ2n) is 5.69. The maximum Gasteiger partial charge on any atom is 0.123 e. The lowest BCUT2D eigenvalue weighted by Crippen LogP contribution is -2.43. The highest BCUT2D eigenvalue weighted by molar-refractivity contribution is 5.38. The third kappa shape index (κ3) is 4.39. The molecule has 2 rings (SSSR count). The number of nitrogens with zero attached hydrogens (tertiary/aromatic N) is 1. The van der Waals surface area contributed by atoms with Gasteiger partial charge in [0.1, 0.15) is 11.5 Å². The van der Waals surface area contributed by atoms with Gasteiger partial charge in [0.15, 0.2) is 0 Å². The van der Waals surface area contributed by atoms with E-state index in [1.165, 1.54) is 25.3 Å². The first kappa shape index (κ1) is 15.1. The molecular weight excluding hydrogens is 252 g/mol. The molecule has 1 aromatic carbocycles. The topological polar surface area (TPSA) is 55.7 Å². The highest BCUT2D eigenvalue weighted by Gasteiger charge is 2.17. The molecule has 20 heavy (non-hydrogen) atoms. The SMILES string of the molecule is CCCN(Cc1ccc(O)cc1O)CC1CCCCN1. The highest BCUT2D eigenvalue weighted by atomic mass is 16.3. The first-order valence-electron chi connectivity index (χ1n) is 7.65. The van der Waals surface area contributed by atoms with E-state index in [-0.39, 0.29) is 11.5 Å². The summed E-state index contributed by atoms with van der Waals surface area (Å²) >= 11 is 0. The Morgan fingerprint density at radius 2 is 2.15 bits per heavy atom. The molecule has 0 bridgehead atoms. The van der Waals surface area contributed by atoms with Crippen LogP contribution in [0.4, 0.5) is 0 Å². The van der Waals surface area contributed by atoms with Crippen LogP contribution in [0.1, 0.15) is 38.2 Å². The van der Waals surface area contributed by atoms with Gasteiger partial charge >= 0.3 is 0 Å². The Kier molecular flexibility index (Phi) is 5.68. The van der Waals surface area contributed by atoms with E-state index in [9.17, 15) is 10.2 Å². The lowest BCUT2D eigenvalue weighted by molar-refractivity contribution is 0.215. The van der Waals surface area contributed by atoms with Crippen molar-refractivity contribution in [2.24, 2.45) is 0 Å². The fraction of sp³-hybridized carbons (Fsp3) is 0.625. The van der Waals surface area contributed by atoms with E-state index in [0.717, 1.165) is 38.2 Å². The average Bonchev–Trinajstić information content (AvgIpc) is 2.43. The van der Waals surface area contributed by atoms with Crippen LogP contribution in [0.25, 0.3) is 0 Å². The van der Waals surface area contributed by atoms with Gasteiger partial charge in [-0.2, -0.15) is 0 Å². The number of phenolic OH excluding ortho intramolecular Hbond substituents is 2. The zero-order chi connectivity index (χ0) is 14.4. The van der Waals surface area contributed by atoms with Crippen molar-refractivity contribution in [1.82, 2.24) is 10.2 Å². The van der Waals surface area contributed by atoms with Crippen molar-refractivity contribution in [2.75, 3.05) is 19.6 Å². The zero-order valence-electron chi connectivity index (χ0n) is 12.3. The van der Waals surface area contributed by atoms with Gasteiger partial charge in [-0.25, -0.2) is 0 Å². The highest BCUT2D eigenvalue weighted by Crippen LogP contribution is 2.24. The fourth-order valence-electron chi connectivity index (χ4n) is 2.87. The van der Waals surface area contributed by atoms with E-state index in [0.29, 0.717) is 6.04 Å². The molecule has 1 aliphatic rings. The van der Waals surface area contributed by atoms with Crippen LogP contribution in [-0.2, 0) is 6.54 Å². The van der Waals surface area contributed by atoms with E-state index in [2.05, 4.69) is 17.1 Å². The second kappa shape index (κ2) is 7.50. The summed E-state index contributed by atoms with van der Waals surface area (Å²) in [6.07, 6.45) is 4.93. The number of hydrogen-bond donors (Lipinski definition) is 3. The van der Waals surface area contributed by atoms with Crippen molar-refractivity contribution < 1.29 is 10.2 Å². The van der Waals surface area contributed by atoms with Gasteiger partial charge in [0.2, 0.25) is 0 Å². The van der Waals surface area contributed by atoms with Crippen LogP contribution in [0, 0.1) is 0 Å². The summed E-state index contributed by atoms with van der Waals surface area (Å²) in [5.74, 6) is 0.296. The second-order valence-corrected chi connectivity index (χ2v) is 5.69. The number of rotatable bonds is 6. The molecular formula is C16H26N2O2. The minimum atomic E-state index is 0.113. The van der Waals surface area contributed by atoms with Gasteiger partial charge in [0.05, 0.1) is 0 Å². The summed E-state index contributed by atoms with van der Waals surface area (Å²) in [4.78, 5) is 2.38. The summed E-state index contributed by atoms with van der Waals surface area (Å²) in [5, 5.41) is 22.8. The number of hydrogen-bond acceptors (Lipinski definition) is 4. The van der Waals surface area contributed by atoms with E-state index in [1.807, 2.05) is 6.07 Å². The Bertz CT molecular complexity index is 417. The number of aromatic hydroxyl groups is 2. The molecule has 1 saturated heterocycles. The first-order chi connectivity index (χ1) is 9.69. The Morgan fingerprint density at radius 3 is 2.80 bits per heavy atom. The number of piperidine rings is 1. The van der Waals surface area contributed by atoms with Gasteiger partial charge in [0, 0.05) is 30.8 Å². The van der Waals surface area contributed by atoms with Gasteiger partial charge in [-0.1, -0.05) is 19.4 Å². The Balaban J connectivity index is 1.96. The summed E-state index contributed by atoms with van der Waals surface area (Å²) in [5.41, 5.74) is 0.882. The molecule has 0 aromatic heterocycles. The Hall–Kier alpha value is -1.26. The molecule has 1 fully saturated rings. The van der Waals surface area contributed by atoms with Crippen molar-refractivity contribution in [3.05, 3.63) is 23.8 Å². The molecule has 1 atom stereocenters. The molecule has 1 heterocycles. The third-order valence-electron chi connectivity index (χ3n) is 3.89. The summed E-state index contributed by atoms with van der Waals surface area (Å²) in [6, 6.07) is 5.42. The predicted molar refractivity (Wildman–Crippen MR) is 81.0 cm³/mol. The average molecular weight is 278 g/mol. The van der Waals surface area contributed by atoms with Crippen molar-refractivity contribution in [1.29, 1.82) is 0 Å². The molecule has 1 aromatic rings. The van der Waals surface area contributed by atoms with E-state index in [1.54, 1.807) is 6.07 Å². The van der Waals surface area contributed by atoms with Crippen LogP contribution in [0.5, 0.6) is 11.5 Å². The zero-order valence-corrected chi connectivity index (χ0v) is 12.3. The van der Waals surface area contributed by atoms with Crippen molar-refractivity contribution in [3.8, 4) is 11.5 Å². The number of benzene rings is 1. The van der Waals surface area contributed by atoms with E-state index in [4.69, 9.17) is 0 Å². The van der Waals surface area contributed by atoms with Crippen LogP contribution >= 0.6 is 0 Å². The fourth-order valence-corrected chi connectivity index (χ4v) is 2.87. The molecule has 4 heteroatoms. The van der Waals surface area contributed by atoms with Gasteiger partial charge in [-0.3, -0.25) is 4.90 Å². The Morgan fingerprint density at radius 1 is 1.30 bits per heavy atom. The molecule has 0 spiro atoms. The normalized spacial score (nSPS) is 19.4. The molecule has 4 nitrogen and oxygen atoms in total. The van der Waals surface area contributed by atoms with Gasteiger partial charge in [-0.05, 0) is 38.4 Å². The van der Waals surface area contributed by atoms with Crippen LogP contribution in [-0.4, -0.2) is 40.8 Å². The standard InChI is InChI=1S/C16H26N2O2/c1-2-9-18(12-14-5-3-4-8-17-14)11-13-6-7-15(19)10-16(13)20/h6-7,10,14,17,19-20H,2-5,8-9,11-12H2,1H3. The van der Waals surface area contributed by atoms with Gasteiger partial charge in [-0.15, -0.1) is 0 Å². The third-order valence-corrected chi connectivity index (χ3v) is 3.89. The molecule has 0 radical (unpaired) electrons. The lowest BCUT2D eigenvalue weighted by Gasteiger charge is -2.30. The molecule has 0 saturated carbocycles. The molecule has 1 aliphatic heterocycles. The monoisotopic (exact) mass is 278 g/mol. The molecule has 112 valence electrons. The largest absolute Gasteiger partial charge is 0.508 e. The molecule has 1 unspecified atom stereocenters. The quantitative estimate of drug-likeness (QED) is 0.748. The summed E-state index contributed by atoms with van der Waals surface area (Å²) in [7, 11) is 0. The van der Waals surface area contributed by atoms with Crippen molar-refractivity contribution in [2.45, 2.75) is 45.2 Å². The molecule has 0 aliphatic carbocycles. The molecule has 3 N–H and O–H groups in total. The predicted octanol–water partition coefficient (Wildman–Crippen LogP) is 2.45. The minimum Gasteiger partial charge on any atom is -0.508 e. The smallest absolute Gasteiger partial charge is 0.123 e. The van der Waals surface area contributed by atoms with Gasteiger partial charge in [0.25, 0.3) is 0 Å². The number of phenols is 2. The minimum absolute atomic E-state index is 0.113. The maximum atomic E-state index is 9.91. The van der Waals surface area contributed by atoms with Crippen LogP contribution in [0.15, 0.2) is 18.2 Å². The first-order valence-corrected chi connectivity index (χ1v) is 7.65. The van der Waals surface area contributed by atoms with Gasteiger partial charge < -0.3 is 15.5 Å². The number of nitrogens with one attached hydrogen (secondary N) is 1. The maximum absolute atomic E-state index is 9.91. The van der Waals surface area contributed by atoms with E-state index >= 15 is 0 Å². The van der Waals surface area contributed by atoms with Crippen LogP contribution in [0.3, 0.4) is 0 Å². The lowest BCUT2D eigenvalue weighted by atomic mass is 10.0. The van der Waals surface area contributed by atoms with Crippen molar-refractivity contribution >= 4 is 0 Å². The Labute approximate surface area is 121 Å². The summed E-state index contributed by atoms with van der Waals surface area (Å²) < 4.78 is 0. The van der Waals surface area contributed by atoms with Crippen molar-refractivity contribution in [3.63, 3.8) is 0 Å². The van der Waals surface area contributed by atoms with Crippen LogP contribution < -0.4 is 5.32 Å².